The summed E-state index contributed by atoms with van der Waals surface area (Å²) in [5.74, 6) is -0.516. The summed E-state index contributed by atoms with van der Waals surface area (Å²) < 4.78 is 32.4. The molecule has 118 valence electrons. The standard InChI is InChI=1S/C14H22N2O4S/c1-3-20-14(17)13-10(2)15-9-12(13)16-21(18,19)11-7-5-4-6-8-11/h9,11,15-16H,3-8H2,1-2H3. The summed E-state index contributed by atoms with van der Waals surface area (Å²) >= 11 is 0. The Morgan fingerprint density at radius 3 is 2.67 bits per heavy atom. The third-order valence-corrected chi connectivity index (χ3v) is 5.65. The maximum absolute atomic E-state index is 12.4. The number of H-pyrrole nitrogens is 1. The van der Waals surface area contributed by atoms with Gasteiger partial charge in [0.1, 0.15) is 5.56 Å². The van der Waals surface area contributed by atoms with Gasteiger partial charge >= 0.3 is 5.97 Å². The summed E-state index contributed by atoms with van der Waals surface area (Å²) in [4.78, 5) is 14.8. The van der Waals surface area contributed by atoms with Crippen molar-refractivity contribution >= 4 is 21.7 Å². The van der Waals surface area contributed by atoms with Crippen molar-refractivity contribution in [2.24, 2.45) is 0 Å². The van der Waals surface area contributed by atoms with Crippen molar-refractivity contribution in [3.05, 3.63) is 17.5 Å². The van der Waals surface area contributed by atoms with Crippen LogP contribution < -0.4 is 4.72 Å². The molecule has 0 bridgehead atoms. The van der Waals surface area contributed by atoms with Gasteiger partial charge in [-0.3, -0.25) is 4.72 Å². The molecule has 0 radical (unpaired) electrons. The van der Waals surface area contributed by atoms with E-state index in [1.807, 2.05) is 0 Å². The number of hydrogen-bond donors (Lipinski definition) is 2. The molecule has 2 rings (SSSR count). The molecule has 1 heterocycles. The zero-order chi connectivity index (χ0) is 15.5. The Morgan fingerprint density at radius 2 is 2.05 bits per heavy atom. The fraction of sp³-hybridized carbons (Fsp3) is 0.643. The third kappa shape index (κ3) is 3.58. The molecule has 1 aliphatic rings. The summed E-state index contributed by atoms with van der Waals surface area (Å²) in [5, 5.41) is -0.378. The van der Waals surface area contributed by atoms with Crippen LogP contribution in [0.1, 0.15) is 55.1 Å². The van der Waals surface area contributed by atoms with Crippen molar-refractivity contribution in [2.75, 3.05) is 11.3 Å². The lowest BCUT2D eigenvalue weighted by molar-refractivity contribution is 0.0527. The molecule has 0 atom stereocenters. The molecule has 0 aromatic carbocycles. The van der Waals surface area contributed by atoms with Crippen LogP contribution >= 0.6 is 0 Å². The van der Waals surface area contributed by atoms with E-state index >= 15 is 0 Å². The van der Waals surface area contributed by atoms with Crippen LogP contribution in [0.4, 0.5) is 5.69 Å². The number of carbonyl (C=O) groups is 1. The predicted octanol–water partition coefficient (Wildman–Crippen LogP) is 2.57. The average molecular weight is 314 g/mol. The van der Waals surface area contributed by atoms with Gasteiger partial charge in [-0.25, -0.2) is 13.2 Å². The van der Waals surface area contributed by atoms with E-state index in [0.29, 0.717) is 18.5 Å². The number of aromatic nitrogens is 1. The Morgan fingerprint density at radius 1 is 1.38 bits per heavy atom. The van der Waals surface area contributed by atoms with E-state index in [9.17, 15) is 13.2 Å². The number of nitrogens with one attached hydrogen (secondary N) is 2. The summed E-state index contributed by atoms with van der Waals surface area (Å²) in [7, 11) is -3.47. The molecule has 7 heteroatoms. The van der Waals surface area contributed by atoms with Crippen LogP contribution in [0.2, 0.25) is 0 Å². The molecule has 1 fully saturated rings. The molecule has 6 nitrogen and oxygen atoms in total. The molecule has 21 heavy (non-hydrogen) atoms. The lowest BCUT2D eigenvalue weighted by Gasteiger charge is -2.22. The van der Waals surface area contributed by atoms with Crippen LogP contribution in [0.3, 0.4) is 0 Å². The van der Waals surface area contributed by atoms with E-state index in [1.54, 1.807) is 13.8 Å². The first-order valence-corrected chi connectivity index (χ1v) is 8.87. The van der Waals surface area contributed by atoms with Crippen molar-refractivity contribution in [3.63, 3.8) is 0 Å². The number of hydrogen-bond acceptors (Lipinski definition) is 4. The quantitative estimate of drug-likeness (QED) is 0.818. The van der Waals surface area contributed by atoms with E-state index in [1.165, 1.54) is 6.20 Å². The topological polar surface area (TPSA) is 88.3 Å². The van der Waals surface area contributed by atoms with Crippen LogP contribution in [0.5, 0.6) is 0 Å². The van der Waals surface area contributed by atoms with Crippen LogP contribution in [0.25, 0.3) is 0 Å². The monoisotopic (exact) mass is 314 g/mol. The summed E-state index contributed by atoms with van der Waals surface area (Å²) in [6.07, 6.45) is 5.80. The molecule has 1 aromatic heterocycles. The van der Waals surface area contributed by atoms with Crippen molar-refractivity contribution < 1.29 is 17.9 Å². The van der Waals surface area contributed by atoms with E-state index in [4.69, 9.17) is 4.74 Å². The zero-order valence-electron chi connectivity index (χ0n) is 12.4. The molecule has 0 spiro atoms. The summed E-state index contributed by atoms with van der Waals surface area (Å²) in [6, 6.07) is 0. The SMILES string of the molecule is CCOC(=O)c1c(NS(=O)(=O)C2CCCCC2)c[nH]c1C. The van der Waals surface area contributed by atoms with Crippen LogP contribution in [-0.4, -0.2) is 31.2 Å². The second kappa shape index (κ2) is 6.51. The lowest BCUT2D eigenvalue weighted by Crippen LogP contribution is -2.30. The Labute approximate surface area is 125 Å². The molecule has 0 saturated heterocycles. The van der Waals surface area contributed by atoms with E-state index < -0.39 is 16.0 Å². The number of aromatic amines is 1. The first-order valence-electron chi connectivity index (χ1n) is 7.32. The number of carbonyl (C=O) groups excluding carboxylic acids is 1. The van der Waals surface area contributed by atoms with Gasteiger partial charge in [-0.05, 0) is 26.7 Å². The first kappa shape index (κ1) is 15.9. The van der Waals surface area contributed by atoms with E-state index in [0.717, 1.165) is 19.3 Å². The minimum Gasteiger partial charge on any atom is -0.462 e. The number of rotatable bonds is 5. The largest absolute Gasteiger partial charge is 0.462 e. The molecule has 1 saturated carbocycles. The Bertz CT molecular complexity index is 600. The van der Waals surface area contributed by atoms with Gasteiger partial charge in [-0.1, -0.05) is 19.3 Å². The number of esters is 1. The van der Waals surface area contributed by atoms with Gasteiger partial charge < -0.3 is 9.72 Å². The number of ether oxygens (including phenoxy) is 1. The van der Waals surface area contributed by atoms with Gasteiger partial charge in [0, 0.05) is 11.9 Å². The average Bonchev–Trinajstić information content (AvgIpc) is 2.80. The second-order valence-electron chi connectivity index (χ2n) is 5.33. The van der Waals surface area contributed by atoms with Crippen molar-refractivity contribution in [1.82, 2.24) is 4.98 Å². The molecule has 0 aliphatic heterocycles. The predicted molar refractivity (Wildman–Crippen MR) is 80.9 cm³/mol. The number of aryl methyl sites for hydroxylation is 1. The van der Waals surface area contributed by atoms with Crippen LogP contribution in [0.15, 0.2) is 6.20 Å². The van der Waals surface area contributed by atoms with Crippen molar-refractivity contribution in [1.29, 1.82) is 0 Å². The summed E-state index contributed by atoms with van der Waals surface area (Å²) in [5.41, 5.74) is 1.13. The zero-order valence-corrected chi connectivity index (χ0v) is 13.3. The van der Waals surface area contributed by atoms with Gasteiger partial charge in [0.2, 0.25) is 10.0 Å². The van der Waals surface area contributed by atoms with Crippen LogP contribution in [-0.2, 0) is 14.8 Å². The van der Waals surface area contributed by atoms with Crippen molar-refractivity contribution in [3.8, 4) is 0 Å². The maximum atomic E-state index is 12.4. The highest BCUT2D eigenvalue weighted by atomic mass is 32.2. The Balaban J connectivity index is 2.21. The number of sulfonamides is 1. The van der Waals surface area contributed by atoms with Gasteiger partial charge in [-0.15, -0.1) is 0 Å². The lowest BCUT2D eigenvalue weighted by atomic mass is 10.0. The number of anilines is 1. The molecule has 0 unspecified atom stereocenters. The summed E-state index contributed by atoms with van der Waals surface area (Å²) in [6.45, 7) is 3.68. The van der Waals surface area contributed by atoms with Gasteiger partial charge in [0.25, 0.3) is 0 Å². The molecular weight excluding hydrogens is 292 g/mol. The fourth-order valence-electron chi connectivity index (χ4n) is 2.69. The Hall–Kier alpha value is -1.50. The molecule has 1 aliphatic carbocycles. The third-order valence-electron chi connectivity index (χ3n) is 3.80. The maximum Gasteiger partial charge on any atom is 0.342 e. The first-order chi connectivity index (χ1) is 9.95. The molecule has 2 N–H and O–H groups in total. The smallest absolute Gasteiger partial charge is 0.342 e. The highest BCUT2D eigenvalue weighted by Crippen LogP contribution is 2.27. The molecule has 0 amide bonds. The van der Waals surface area contributed by atoms with Crippen LogP contribution in [0, 0.1) is 6.92 Å². The van der Waals surface area contributed by atoms with E-state index in [2.05, 4.69) is 9.71 Å². The molecule has 1 aromatic rings. The highest BCUT2D eigenvalue weighted by Gasteiger charge is 2.29. The minimum atomic E-state index is -3.47. The second-order valence-corrected chi connectivity index (χ2v) is 7.29. The fourth-order valence-corrected chi connectivity index (χ4v) is 4.27. The minimum absolute atomic E-state index is 0.248. The Kier molecular flexibility index (Phi) is 4.92. The van der Waals surface area contributed by atoms with Gasteiger partial charge in [0.15, 0.2) is 0 Å². The highest BCUT2D eigenvalue weighted by molar-refractivity contribution is 7.93. The molecular formula is C14H22N2O4S. The normalized spacial score (nSPS) is 16.7. The van der Waals surface area contributed by atoms with E-state index in [-0.39, 0.29) is 23.1 Å². The van der Waals surface area contributed by atoms with Crippen molar-refractivity contribution in [2.45, 2.75) is 51.2 Å². The van der Waals surface area contributed by atoms with Gasteiger partial charge in [0.05, 0.1) is 17.5 Å². The van der Waals surface area contributed by atoms with Gasteiger partial charge in [-0.2, -0.15) is 0 Å².